The SMILES string of the molecule is Cc1c(Cc2nc(-c3ccc(C(C)C)cc3)no2)cnn1C. The Balaban J connectivity index is 1.80. The van der Waals surface area contributed by atoms with Crippen molar-refractivity contribution in [3.63, 3.8) is 0 Å². The minimum absolute atomic E-state index is 0.517. The lowest BCUT2D eigenvalue weighted by molar-refractivity contribution is 0.385. The maximum absolute atomic E-state index is 5.37. The Labute approximate surface area is 130 Å². The predicted octanol–water partition coefficient (Wildman–Crippen LogP) is 3.49. The maximum atomic E-state index is 5.37. The summed E-state index contributed by atoms with van der Waals surface area (Å²) in [6.45, 7) is 6.39. The summed E-state index contributed by atoms with van der Waals surface area (Å²) in [6.07, 6.45) is 2.45. The molecule has 22 heavy (non-hydrogen) atoms. The highest BCUT2D eigenvalue weighted by molar-refractivity contribution is 5.54. The highest BCUT2D eigenvalue weighted by Crippen LogP contribution is 2.21. The molecule has 5 heteroatoms. The van der Waals surface area contributed by atoms with Crippen molar-refractivity contribution in [3.8, 4) is 11.4 Å². The van der Waals surface area contributed by atoms with Gasteiger partial charge in [0, 0.05) is 23.9 Å². The van der Waals surface area contributed by atoms with Crippen LogP contribution in [0.4, 0.5) is 0 Å². The Morgan fingerprint density at radius 2 is 1.91 bits per heavy atom. The quantitative estimate of drug-likeness (QED) is 0.739. The van der Waals surface area contributed by atoms with Gasteiger partial charge in [-0.2, -0.15) is 10.1 Å². The molecular formula is C17H20N4O. The van der Waals surface area contributed by atoms with Gasteiger partial charge in [0.25, 0.3) is 0 Å². The maximum Gasteiger partial charge on any atom is 0.231 e. The van der Waals surface area contributed by atoms with E-state index < -0.39 is 0 Å². The molecule has 1 aromatic carbocycles. The summed E-state index contributed by atoms with van der Waals surface area (Å²) in [4.78, 5) is 4.49. The lowest BCUT2D eigenvalue weighted by Crippen LogP contribution is -1.95. The van der Waals surface area contributed by atoms with Gasteiger partial charge in [-0.05, 0) is 18.4 Å². The number of hydrogen-bond acceptors (Lipinski definition) is 4. The molecule has 0 radical (unpaired) electrons. The molecule has 0 N–H and O–H groups in total. The monoisotopic (exact) mass is 296 g/mol. The summed E-state index contributed by atoms with van der Waals surface area (Å²) >= 11 is 0. The molecule has 2 heterocycles. The molecule has 2 aromatic heterocycles. The molecule has 0 spiro atoms. The van der Waals surface area contributed by atoms with E-state index in [1.165, 1.54) is 5.56 Å². The Morgan fingerprint density at radius 1 is 1.18 bits per heavy atom. The van der Waals surface area contributed by atoms with E-state index >= 15 is 0 Å². The smallest absolute Gasteiger partial charge is 0.231 e. The van der Waals surface area contributed by atoms with Crippen LogP contribution in [0.1, 0.15) is 42.5 Å². The molecule has 0 saturated carbocycles. The number of aryl methyl sites for hydroxylation is 1. The average molecular weight is 296 g/mol. The summed E-state index contributed by atoms with van der Waals surface area (Å²) < 4.78 is 7.21. The van der Waals surface area contributed by atoms with E-state index in [0.717, 1.165) is 16.8 Å². The fraction of sp³-hybridized carbons (Fsp3) is 0.353. The number of rotatable bonds is 4. The van der Waals surface area contributed by atoms with Gasteiger partial charge in [-0.15, -0.1) is 0 Å². The fourth-order valence-corrected chi connectivity index (χ4v) is 2.34. The molecule has 5 nitrogen and oxygen atoms in total. The van der Waals surface area contributed by atoms with E-state index in [2.05, 4.69) is 41.2 Å². The second-order valence-corrected chi connectivity index (χ2v) is 5.84. The van der Waals surface area contributed by atoms with Gasteiger partial charge < -0.3 is 4.52 Å². The molecule has 0 amide bonds. The van der Waals surface area contributed by atoms with Crippen molar-refractivity contribution >= 4 is 0 Å². The molecule has 0 aliphatic rings. The summed E-state index contributed by atoms with van der Waals surface area (Å²) in [6, 6.07) is 8.31. The van der Waals surface area contributed by atoms with Crippen LogP contribution in [0.5, 0.6) is 0 Å². The third kappa shape index (κ3) is 2.79. The minimum atomic E-state index is 0.517. The summed E-state index contributed by atoms with van der Waals surface area (Å²) in [5.41, 5.74) is 4.50. The largest absolute Gasteiger partial charge is 0.339 e. The van der Waals surface area contributed by atoms with Crippen molar-refractivity contribution in [3.05, 3.63) is 53.2 Å². The third-order valence-corrected chi connectivity index (χ3v) is 3.98. The molecule has 0 atom stereocenters. The molecule has 0 fully saturated rings. The molecule has 3 rings (SSSR count). The van der Waals surface area contributed by atoms with Gasteiger partial charge in [-0.25, -0.2) is 0 Å². The lowest BCUT2D eigenvalue weighted by atomic mass is 10.0. The Morgan fingerprint density at radius 3 is 2.50 bits per heavy atom. The van der Waals surface area contributed by atoms with Crippen molar-refractivity contribution in [1.82, 2.24) is 19.9 Å². The molecule has 114 valence electrons. The second kappa shape index (κ2) is 5.75. The molecule has 0 bridgehead atoms. The van der Waals surface area contributed by atoms with E-state index in [4.69, 9.17) is 4.52 Å². The first kappa shape index (κ1) is 14.5. The minimum Gasteiger partial charge on any atom is -0.339 e. The van der Waals surface area contributed by atoms with Crippen molar-refractivity contribution < 1.29 is 4.52 Å². The van der Waals surface area contributed by atoms with Crippen LogP contribution in [0.25, 0.3) is 11.4 Å². The van der Waals surface area contributed by atoms with Crippen molar-refractivity contribution in [2.24, 2.45) is 7.05 Å². The van der Waals surface area contributed by atoms with Crippen LogP contribution in [-0.4, -0.2) is 19.9 Å². The summed E-state index contributed by atoms with van der Waals surface area (Å²) in [7, 11) is 1.92. The highest BCUT2D eigenvalue weighted by atomic mass is 16.5. The van der Waals surface area contributed by atoms with E-state index in [1.807, 2.05) is 37.0 Å². The topological polar surface area (TPSA) is 56.7 Å². The van der Waals surface area contributed by atoms with E-state index in [0.29, 0.717) is 24.1 Å². The van der Waals surface area contributed by atoms with Gasteiger partial charge in [0.05, 0.1) is 12.6 Å². The van der Waals surface area contributed by atoms with Crippen LogP contribution in [0.3, 0.4) is 0 Å². The number of aromatic nitrogens is 4. The van der Waals surface area contributed by atoms with Crippen LogP contribution >= 0.6 is 0 Å². The van der Waals surface area contributed by atoms with Crippen LogP contribution in [-0.2, 0) is 13.5 Å². The standard InChI is InChI=1S/C17H20N4O/c1-11(2)13-5-7-14(8-6-13)17-19-16(22-20-17)9-15-10-18-21(4)12(15)3/h5-8,10-11H,9H2,1-4H3. The van der Waals surface area contributed by atoms with Crippen LogP contribution < -0.4 is 0 Å². The molecular weight excluding hydrogens is 276 g/mol. The first-order valence-corrected chi connectivity index (χ1v) is 7.45. The fourth-order valence-electron chi connectivity index (χ4n) is 2.34. The normalized spacial score (nSPS) is 11.3. The van der Waals surface area contributed by atoms with Gasteiger partial charge in [0.15, 0.2) is 0 Å². The van der Waals surface area contributed by atoms with E-state index in [9.17, 15) is 0 Å². The zero-order valence-electron chi connectivity index (χ0n) is 13.4. The molecule has 0 aliphatic heterocycles. The highest BCUT2D eigenvalue weighted by Gasteiger charge is 2.12. The average Bonchev–Trinajstić information content (AvgIpc) is 3.10. The van der Waals surface area contributed by atoms with Crippen LogP contribution in [0.15, 0.2) is 35.0 Å². The van der Waals surface area contributed by atoms with Crippen LogP contribution in [0, 0.1) is 6.92 Å². The lowest BCUT2D eigenvalue weighted by Gasteiger charge is -2.04. The third-order valence-electron chi connectivity index (χ3n) is 3.98. The Hall–Kier alpha value is -2.43. The van der Waals surface area contributed by atoms with Gasteiger partial charge in [0.2, 0.25) is 11.7 Å². The number of nitrogens with zero attached hydrogens (tertiary/aromatic N) is 4. The molecule has 0 unspecified atom stereocenters. The number of hydrogen-bond donors (Lipinski definition) is 0. The first-order valence-electron chi connectivity index (χ1n) is 7.45. The van der Waals surface area contributed by atoms with Crippen molar-refractivity contribution in [2.45, 2.75) is 33.1 Å². The zero-order valence-corrected chi connectivity index (χ0v) is 13.4. The Bertz CT molecular complexity index is 768. The summed E-state index contributed by atoms with van der Waals surface area (Å²) in [5, 5.41) is 8.31. The predicted molar refractivity (Wildman–Crippen MR) is 84.6 cm³/mol. The first-order chi connectivity index (χ1) is 10.5. The zero-order chi connectivity index (χ0) is 15.7. The Kier molecular flexibility index (Phi) is 3.79. The van der Waals surface area contributed by atoms with Gasteiger partial charge in [-0.1, -0.05) is 43.3 Å². The van der Waals surface area contributed by atoms with Gasteiger partial charge >= 0.3 is 0 Å². The van der Waals surface area contributed by atoms with Gasteiger partial charge in [0.1, 0.15) is 0 Å². The van der Waals surface area contributed by atoms with E-state index in [-0.39, 0.29) is 0 Å². The summed E-state index contributed by atoms with van der Waals surface area (Å²) in [5.74, 6) is 1.76. The molecule has 0 aliphatic carbocycles. The second-order valence-electron chi connectivity index (χ2n) is 5.84. The van der Waals surface area contributed by atoms with Gasteiger partial charge in [-0.3, -0.25) is 4.68 Å². The van der Waals surface area contributed by atoms with Crippen molar-refractivity contribution in [1.29, 1.82) is 0 Å². The van der Waals surface area contributed by atoms with Crippen LogP contribution in [0.2, 0.25) is 0 Å². The van der Waals surface area contributed by atoms with E-state index in [1.54, 1.807) is 0 Å². The molecule has 3 aromatic rings. The molecule has 0 saturated heterocycles. The van der Waals surface area contributed by atoms with Crippen molar-refractivity contribution in [2.75, 3.05) is 0 Å². The number of benzene rings is 1.